The molecule has 3 rings (SSSR count). The number of benzene rings is 2. The number of amides is 1. The van der Waals surface area contributed by atoms with Crippen LogP contribution in [0.5, 0.6) is 0 Å². The fourth-order valence-electron chi connectivity index (χ4n) is 3.10. The van der Waals surface area contributed by atoms with Crippen LogP contribution < -0.4 is 5.73 Å². The molecule has 4 nitrogen and oxygen atoms in total. The molecule has 1 amide bonds. The first-order valence-corrected chi connectivity index (χ1v) is 8.92. The van der Waals surface area contributed by atoms with Crippen LogP contribution in [-0.2, 0) is 0 Å². The number of carbonyl (C=O) groups excluding carboxylic acids is 1. The van der Waals surface area contributed by atoms with Crippen molar-refractivity contribution in [2.75, 3.05) is 20.1 Å². The van der Waals surface area contributed by atoms with Gasteiger partial charge in [0, 0.05) is 24.5 Å². The predicted octanol–water partition coefficient (Wildman–Crippen LogP) is 4.94. The number of hydrogen-bond donors (Lipinski definition) is 1. The van der Waals surface area contributed by atoms with Gasteiger partial charge in [0.25, 0.3) is 5.91 Å². The summed E-state index contributed by atoms with van der Waals surface area (Å²) in [5.74, 6) is -0.391. The Hall–Kier alpha value is -2.21. The van der Waals surface area contributed by atoms with E-state index in [0.717, 1.165) is 16.5 Å². The highest BCUT2D eigenvalue weighted by molar-refractivity contribution is 6.07. The van der Waals surface area contributed by atoms with E-state index >= 15 is 0 Å². The highest BCUT2D eigenvalue weighted by Crippen LogP contribution is 2.26. The van der Waals surface area contributed by atoms with Crippen molar-refractivity contribution >= 4 is 41.6 Å². The van der Waals surface area contributed by atoms with E-state index < -0.39 is 0 Å². The molecule has 0 aliphatic rings. The Labute approximate surface area is 183 Å². The molecule has 1 heterocycles. The minimum absolute atomic E-state index is 0. The SMILES string of the molecule is CN(CC(C)(C)CN)C(=O)c1cc(-c2ccc(F)cc2)nc2ccccc12.Cl.Cl. The third-order valence-electron chi connectivity index (χ3n) is 4.65. The summed E-state index contributed by atoms with van der Waals surface area (Å²) in [5, 5.41) is 0.797. The summed E-state index contributed by atoms with van der Waals surface area (Å²) in [6, 6.07) is 15.5. The van der Waals surface area contributed by atoms with Crippen LogP contribution in [0.3, 0.4) is 0 Å². The van der Waals surface area contributed by atoms with Crippen LogP contribution in [0, 0.1) is 11.2 Å². The first-order valence-electron chi connectivity index (χ1n) is 8.92. The second kappa shape index (κ2) is 10.0. The van der Waals surface area contributed by atoms with Gasteiger partial charge in [0.05, 0.1) is 16.8 Å². The predicted molar refractivity (Wildman–Crippen MR) is 121 cm³/mol. The first kappa shape index (κ1) is 24.8. The van der Waals surface area contributed by atoms with E-state index in [1.54, 1.807) is 30.1 Å². The summed E-state index contributed by atoms with van der Waals surface area (Å²) in [5.41, 5.74) is 8.36. The molecule has 0 saturated heterocycles. The number of halogens is 3. The maximum Gasteiger partial charge on any atom is 0.254 e. The molecule has 1 aromatic heterocycles. The summed E-state index contributed by atoms with van der Waals surface area (Å²) >= 11 is 0. The van der Waals surface area contributed by atoms with Gasteiger partial charge in [-0.15, -0.1) is 24.8 Å². The lowest BCUT2D eigenvalue weighted by molar-refractivity contribution is 0.0742. The molecule has 0 atom stereocenters. The van der Waals surface area contributed by atoms with Gasteiger partial charge in [0.2, 0.25) is 0 Å². The number of carbonyl (C=O) groups is 1. The lowest BCUT2D eigenvalue weighted by Gasteiger charge is -2.29. The van der Waals surface area contributed by atoms with Crippen LogP contribution in [0.25, 0.3) is 22.2 Å². The Morgan fingerprint density at radius 2 is 1.72 bits per heavy atom. The van der Waals surface area contributed by atoms with Crippen LogP contribution in [0.15, 0.2) is 54.6 Å². The van der Waals surface area contributed by atoms with Gasteiger partial charge in [-0.25, -0.2) is 9.37 Å². The summed E-state index contributed by atoms with van der Waals surface area (Å²) in [6.45, 7) is 5.10. The molecule has 2 aromatic carbocycles. The van der Waals surface area contributed by atoms with Crippen LogP contribution >= 0.6 is 24.8 Å². The smallest absolute Gasteiger partial charge is 0.254 e. The molecule has 0 fully saturated rings. The Morgan fingerprint density at radius 1 is 1.10 bits per heavy atom. The molecule has 0 spiro atoms. The molecule has 0 aliphatic heterocycles. The number of hydrogen-bond acceptors (Lipinski definition) is 3. The van der Waals surface area contributed by atoms with E-state index in [0.29, 0.717) is 24.3 Å². The van der Waals surface area contributed by atoms with E-state index in [9.17, 15) is 9.18 Å². The Bertz CT molecular complexity index is 977. The second-order valence-electron chi connectivity index (χ2n) is 7.61. The van der Waals surface area contributed by atoms with Crippen LogP contribution in [0.1, 0.15) is 24.2 Å². The molecule has 0 radical (unpaired) electrons. The summed E-state index contributed by atoms with van der Waals surface area (Å²) in [4.78, 5) is 19.5. The summed E-state index contributed by atoms with van der Waals surface area (Å²) in [6.07, 6.45) is 0. The fraction of sp³-hybridized carbons (Fsp3) is 0.273. The van der Waals surface area contributed by atoms with Gasteiger partial charge in [0.15, 0.2) is 0 Å². The minimum atomic E-state index is -0.306. The highest BCUT2D eigenvalue weighted by Gasteiger charge is 2.23. The number of rotatable bonds is 5. The van der Waals surface area contributed by atoms with Gasteiger partial charge >= 0.3 is 0 Å². The number of para-hydroxylation sites is 1. The van der Waals surface area contributed by atoms with Crippen LogP contribution in [0.4, 0.5) is 4.39 Å². The zero-order valence-corrected chi connectivity index (χ0v) is 18.3. The zero-order chi connectivity index (χ0) is 19.6. The molecular weight excluding hydrogens is 412 g/mol. The molecule has 0 unspecified atom stereocenters. The Kier molecular flexibility index (Phi) is 8.57. The summed E-state index contributed by atoms with van der Waals surface area (Å²) in [7, 11) is 1.78. The Morgan fingerprint density at radius 3 is 2.34 bits per heavy atom. The van der Waals surface area contributed by atoms with Crippen molar-refractivity contribution in [3.05, 3.63) is 66.0 Å². The molecule has 0 saturated carbocycles. The molecule has 3 aromatic rings. The van der Waals surface area contributed by atoms with Gasteiger partial charge in [-0.2, -0.15) is 0 Å². The number of nitrogens with two attached hydrogens (primary N) is 1. The molecular formula is C22H26Cl2FN3O. The van der Waals surface area contributed by atoms with Crippen LogP contribution in [0.2, 0.25) is 0 Å². The maximum absolute atomic E-state index is 13.3. The van der Waals surface area contributed by atoms with Gasteiger partial charge in [-0.1, -0.05) is 32.0 Å². The van der Waals surface area contributed by atoms with Gasteiger partial charge < -0.3 is 10.6 Å². The van der Waals surface area contributed by atoms with Crippen molar-refractivity contribution in [3.8, 4) is 11.3 Å². The second-order valence-corrected chi connectivity index (χ2v) is 7.61. The summed E-state index contributed by atoms with van der Waals surface area (Å²) < 4.78 is 13.3. The number of pyridine rings is 1. The molecule has 156 valence electrons. The lowest BCUT2D eigenvalue weighted by atomic mass is 9.93. The lowest BCUT2D eigenvalue weighted by Crippen LogP contribution is -2.39. The molecule has 0 bridgehead atoms. The standard InChI is InChI=1S/C22H24FN3O.2ClH/c1-22(2,13-24)14-26(3)21(27)18-12-20(15-8-10-16(23)11-9-15)25-19-7-5-4-6-17(18)19;;/h4-12H,13-14,24H2,1-3H3;2*1H. The normalized spacial score (nSPS) is 10.8. The van der Waals surface area contributed by atoms with E-state index in [1.165, 1.54) is 12.1 Å². The van der Waals surface area contributed by atoms with Crippen molar-refractivity contribution in [2.24, 2.45) is 11.1 Å². The molecule has 2 N–H and O–H groups in total. The molecule has 29 heavy (non-hydrogen) atoms. The van der Waals surface area contributed by atoms with Crippen molar-refractivity contribution in [1.29, 1.82) is 0 Å². The first-order chi connectivity index (χ1) is 12.8. The highest BCUT2D eigenvalue weighted by atomic mass is 35.5. The van der Waals surface area contributed by atoms with Crippen molar-refractivity contribution < 1.29 is 9.18 Å². The van der Waals surface area contributed by atoms with Gasteiger partial charge in [0.1, 0.15) is 5.82 Å². The molecule has 0 aliphatic carbocycles. The van der Waals surface area contributed by atoms with E-state index in [-0.39, 0.29) is 42.0 Å². The number of aromatic nitrogens is 1. The number of fused-ring (bicyclic) bond motifs is 1. The van der Waals surface area contributed by atoms with Gasteiger partial charge in [-0.05, 0) is 48.4 Å². The van der Waals surface area contributed by atoms with Gasteiger partial charge in [-0.3, -0.25) is 4.79 Å². The maximum atomic E-state index is 13.3. The monoisotopic (exact) mass is 437 g/mol. The van der Waals surface area contributed by atoms with Crippen molar-refractivity contribution in [3.63, 3.8) is 0 Å². The average molecular weight is 438 g/mol. The third-order valence-corrected chi connectivity index (χ3v) is 4.65. The van der Waals surface area contributed by atoms with Crippen molar-refractivity contribution in [1.82, 2.24) is 9.88 Å². The quantitative estimate of drug-likeness (QED) is 0.614. The van der Waals surface area contributed by atoms with Crippen molar-refractivity contribution in [2.45, 2.75) is 13.8 Å². The van der Waals surface area contributed by atoms with E-state index in [2.05, 4.69) is 4.98 Å². The fourth-order valence-corrected chi connectivity index (χ4v) is 3.10. The Balaban J connectivity index is 0.00000210. The van der Waals surface area contributed by atoms with Crippen LogP contribution in [-0.4, -0.2) is 35.9 Å². The topological polar surface area (TPSA) is 59.2 Å². The van der Waals surface area contributed by atoms with E-state index in [1.807, 2.05) is 38.1 Å². The molecule has 7 heteroatoms. The minimum Gasteiger partial charge on any atom is -0.341 e. The largest absolute Gasteiger partial charge is 0.341 e. The number of nitrogens with zero attached hydrogens (tertiary/aromatic N) is 2. The van der Waals surface area contributed by atoms with E-state index in [4.69, 9.17) is 5.73 Å². The average Bonchev–Trinajstić information content (AvgIpc) is 2.66. The third kappa shape index (κ3) is 5.66. The zero-order valence-electron chi connectivity index (χ0n) is 16.7.